The summed E-state index contributed by atoms with van der Waals surface area (Å²) in [7, 11) is 4.14. The Balaban J connectivity index is 2.08. The van der Waals surface area contributed by atoms with E-state index in [-0.39, 0.29) is 0 Å². The minimum atomic E-state index is 0.938. The maximum Gasteiger partial charge on any atom is 0.0703 e. The van der Waals surface area contributed by atoms with Crippen molar-refractivity contribution in [3.8, 4) is 0 Å². The number of hydrogen-bond donors (Lipinski definition) is 1. The van der Waals surface area contributed by atoms with E-state index in [1.807, 2.05) is 24.4 Å². The van der Waals surface area contributed by atoms with Crippen molar-refractivity contribution in [3.05, 3.63) is 36.5 Å². The molecule has 0 spiro atoms. The number of rotatable bonds is 4. The fourth-order valence-electron chi connectivity index (χ4n) is 1.59. The molecule has 0 aliphatic rings. The molecule has 0 unspecified atom stereocenters. The van der Waals surface area contributed by atoms with E-state index >= 15 is 0 Å². The van der Waals surface area contributed by atoms with Gasteiger partial charge >= 0.3 is 0 Å². The molecule has 1 aromatic heterocycles. The summed E-state index contributed by atoms with van der Waals surface area (Å²) in [6.45, 7) is 1.96. The highest BCUT2D eigenvalue weighted by atomic mass is 15.1. The first kappa shape index (κ1) is 10.9. The van der Waals surface area contributed by atoms with Crippen LogP contribution < -0.4 is 5.32 Å². The van der Waals surface area contributed by atoms with Gasteiger partial charge in [0.2, 0.25) is 0 Å². The third-order valence-electron chi connectivity index (χ3n) is 2.48. The van der Waals surface area contributed by atoms with E-state index in [1.54, 1.807) is 0 Å². The van der Waals surface area contributed by atoms with E-state index in [9.17, 15) is 0 Å². The molecule has 3 heteroatoms. The Bertz CT molecular complexity index is 465. The number of aromatic nitrogens is 1. The van der Waals surface area contributed by atoms with Crippen molar-refractivity contribution in [2.24, 2.45) is 0 Å². The molecule has 0 atom stereocenters. The van der Waals surface area contributed by atoms with Gasteiger partial charge in [-0.15, -0.1) is 0 Å². The molecule has 2 rings (SSSR count). The lowest BCUT2D eigenvalue weighted by atomic mass is 10.2. The summed E-state index contributed by atoms with van der Waals surface area (Å²) in [6, 6.07) is 10.3. The first-order chi connectivity index (χ1) is 7.75. The average Bonchev–Trinajstić information content (AvgIpc) is 2.28. The molecule has 1 aromatic carbocycles. The van der Waals surface area contributed by atoms with Gasteiger partial charge in [-0.3, -0.25) is 4.98 Å². The molecule has 0 saturated carbocycles. The standard InChI is InChI=1S/C13H17N3/c1-16(2)8-7-14-12-9-11-5-3-4-6-13(11)15-10-12/h3-6,9-10,14H,7-8H2,1-2H3. The Morgan fingerprint density at radius 1 is 1.25 bits per heavy atom. The van der Waals surface area contributed by atoms with Gasteiger partial charge in [-0.25, -0.2) is 0 Å². The zero-order valence-corrected chi connectivity index (χ0v) is 9.77. The molecule has 0 aliphatic carbocycles. The van der Waals surface area contributed by atoms with Crippen molar-refractivity contribution in [3.63, 3.8) is 0 Å². The fourth-order valence-corrected chi connectivity index (χ4v) is 1.59. The predicted molar refractivity (Wildman–Crippen MR) is 68.8 cm³/mol. The SMILES string of the molecule is CN(C)CCNc1cnc2ccccc2c1. The zero-order valence-electron chi connectivity index (χ0n) is 9.77. The van der Waals surface area contributed by atoms with Crippen LogP contribution >= 0.6 is 0 Å². The second-order valence-corrected chi connectivity index (χ2v) is 4.15. The van der Waals surface area contributed by atoms with Crippen molar-refractivity contribution < 1.29 is 0 Å². The molecular weight excluding hydrogens is 198 g/mol. The van der Waals surface area contributed by atoms with Crippen LogP contribution in [0.15, 0.2) is 36.5 Å². The van der Waals surface area contributed by atoms with E-state index in [0.717, 1.165) is 24.3 Å². The lowest BCUT2D eigenvalue weighted by molar-refractivity contribution is 0.425. The van der Waals surface area contributed by atoms with Gasteiger partial charge in [0.15, 0.2) is 0 Å². The minimum Gasteiger partial charge on any atom is -0.382 e. The molecule has 1 N–H and O–H groups in total. The summed E-state index contributed by atoms with van der Waals surface area (Å²) in [5.41, 5.74) is 2.13. The van der Waals surface area contributed by atoms with Crippen LogP contribution in [-0.4, -0.2) is 37.1 Å². The largest absolute Gasteiger partial charge is 0.382 e. The van der Waals surface area contributed by atoms with Crippen molar-refractivity contribution in [2.75, 3.05) is 32.5 Å². The monoisotopic (exact) mass is 215 g/mol. The van der Waals surface area contributed by atoms with Gasteiger partial charge < -0.3 is 10.2 Å². The number of benzene rings is 1. The van der Waals surface area contributed by atoms with Crippen LogP contribution in [0.3, 0.4) is 0 Å². The van der Waals surface area contributed by atoms with Crippen LogP contribution in [0.5, 0.6) is 0 Å². The molecule has 0 amide bonds. The molecular formula is C13H17N3. The molecule has 0 fully saturated rings. The molecule has 2 aromatic rings. The molecule has 0 bridgehead atoms. The lowest BCUT2D eigenvalue weighted by Gasteiger charge is -2.11. The number of nitrogens with one attached hydrogen (secondary N) is 1. The lowest BCUT2D eigenvalue weighted by Crippen LogP contribution is -2.20. The molecule has 1 heterocycles. The van der Waals surface area contributed by atoms with Gasteiger partial charge in [0.1, 0.15) is 0 Å². The van der Waals surface area contributed by atoms with Gasteiger partial charge in [-0.1, -0.05) is 18.2 Å². The number of likely N-dealkylation sites (N-methyl/N-ethyl adjacent to an activating group) is 1. The number of nitrogens with zero attached hydrogens (tertiary/aromatic N) is 2. The summed E-state index contributed by atoms with van der Waals surface area (Å²) in [6.07, 6.45) is 1.89. The highest BCUT2D eigenvalue weighted by Gasteiger charge is 1.96. The Hall–Kier alpha value is -1.61. The third-order valence-corrected chi connectivity index (χ3v) is 2.48. The normalized spacial score (nSPS) is 10.9. The quantitative estimate of drug-likeness (QED) is 0.847. The van der Waals surface area contributed by atoms with Crippen molar-refractivity contribution in [2.45, 2.75) is 0 Å². The highest BCUT2D eigenvalue weighted by molar-refractivity contribution is 5.81. The summed E-state index contributed by atoms with van der Waals surface area (Å²) in [5, 5.41) is 4.54. The van der Waals surface area contributed by atoms with Gasteiger partial charge in [0.25, 0.3) is 0 Å². The van der Waals surface area contributed by atoms with E-state index in [4.69, 9.17) is 0 Å². The first-order valence-corrected chi connectivity index (χ1v) is 5.49. The number of para-hydroxylation sites is 1. The van der Waals surface area contributed by atoms with Crippen LogP contribution in [-0.2, 0) is 0 Å². The van der Waals surface area contributed by atoms with Gasteiger partial charge in [-0.05, 0) is 26.2 Å². The number of pyridine rings is 1. The third kappa shape index (κ3) is 2.70. The Kier molecular flexibility index (Phi) is 3.37. The fraction of sp³-hybridized carbons (Fsp3) is 0.308. The van der Waals surface area contributed by atoms with E-state index in [0.29, 0.717) is 0 Å². The van der Waals surface area contributed by atoms with Crippen LogP contribution in [0.25, 0.3) is 10.9 Å². The second kappa shape index (κ2) is 4.94. The maximum absolute atomic E-state index is 4.40. The minimum absolute atomic E-state index is 0.938. The summed E-state index contributed by atoms with van der Waals surface area (Å²) in [5.74, 6) is 0. The van der Waals surface area contributed by atoms with E-state index in [1.165, 1.54) is 5.39 Å². The van der Waals surface area contributed by atoms with E-state index < -0.39 is 0 Å². The number of hydrogen-bond acceptors (Lipinski definition) is 3. The summed E-state index contributed by atoms with van der Waals surface area (Å²) in [4.78, 5) is 6.56. The number of anilines is 1. The summed E-state index contributed by atoms with van der Waals surface area (Å²) < 4.78 is 0. The van der Waals surface area contributed by atoms with Crippen LogP contribution in [0.1, 0.15) is 0 Å². The Labute approximate surface area is 96.1 Å². The first-order valence-electron chi connectivity index (χ1n) is 5.49. The Morgan fingerprint density at radius 3 is 2.88 bits per heavy atom. The van der Waals surface area contributed by atoms with Crippen LogP contribution in [0.2, 0.25) is 0 Å². The maximum atomic E-state index is 4.40. The van der Waals surface area contributed by atoms with Crippen molar-refractivity contribution in [1.82, 2.24) is 9.88 Å². The van der Waals surface area contributed by atoms with Gasteiger partial charge in [0.05, 0.1) is 17.4 Å². The summed E-state index contributed by atoms with van der Waals surface area (Å²) >= 11 is 0. The smallest absolute Gasteiger partial charge is 0.0703 e. The molecule has 16 heavy (non-hydrogen) atoms. The average molecular weight is 215 g/mol. The van der Waals surface area contributed by atoms with Gasteiger partial charge in [-0.2, -0.15) is 0 Å². The zero-order chi connectivity index (χ0) is 11.4. The van der Waals surface area contributed by atoms with Gasteiger partial charge in [0, 0.05) is 18.5 Å². The molecule has 3 nitrogen and oxygen atoms in total. The van der Waals surface area contributed by atoms with E-state index in [2.05, 4.69) is 41.4 Å². The Morgan fingerprint density at radius 2 is 2.06 bits per heavy atom. The number of fused-ring (bicyclic) bond motifs is 1. The molecule has 0 saturated heterocycles. The topological polar surface area (TPSA) is 28.2 Å². The van der Waals surface area contributed by atoms with Crippen LogP contribution in [0.4, 0.5) is 5.69 Å². The molecule has 0 radical (unpaired) electrons. The molecule has 0 aliphatic heterocycles. The highest BCUT2D eigenvalue weighted by Crippen LogP contribution is 2.15. The predicted octanol–water partition coefficient (Wildman–Crippen LogP) is 2.21. The second-order valence-electron chi connectivity index (χ2n) is 4.15. The van der Waals surface area contributed by atoms with Crippen molar-refractivity contribution in [1.29, 1.82) is 0 Å². The van der Waals surface area contributed by atoms with Crippen LogP contribution in [0, 0.1) is 0 Å². The molecule has 84 valence electrons. The van der Waals surface area contributed by atoms with Crippen molar-refractivity contribution >= 4 is 16.6 Å².